The number of rotatable bonds is 3. The van der Waals surface area contributed by atoms with E-state index in [1.165, 1.54) is 0 Å². The summed E-state index contributed by atoms with van der Waals surface area (Å²) < 4.78 is 4.85. The predicted molar refractivity (Wildman–Crippen MR) is 41.1 cm³/mol. The van der Waals surface area contributed by atoms with Gasteiger partial charge in [0.25, 0.3) is 0 Å². The summed E-state index contributed by atoms with van der Waals surface area (Å²) >= 11 is 0. The average Bonchev–Trinajstić information content (AvgIpc) is 2.39. The lowest BCUT2D eigenvalue weighted by atomic mass is 10.2. The van der Waals surface area contributed by atoms with Gasteiger partial charge in [0.05, 0.1) is 6.04 Å². The van der Waals surface area contributed by atoms with Crippen molar-refractivity contribution in [1.82, 2.24) is 15.5 Å². The molecule has 11 heavy (non-hydrogen) atoms. The highest BCUT2D eigenvalue weighted by Crippen LogP contribution is 2.10. The normalized spacial score (nSPS) is 13.4. The largest absolute Gasteiger partial charge is 0.340 e. The Morgan fingerprint density at radius 1 is 1.64 bits per heavy atom. The van der Waals surface area contributed by atoms with E-state index in [2.05, 4.69) is 22.4 Å². The number of nitrogens with zero attached hydrogens (tertiary/aromatic N) is 2. The van der Waals surface area contributed by atoms with Crippen molar-refractivity contribution in [3.05, 3.63) is 11.7 Å². The smallest absolute Gasteiger partial charge is 0.223 e. The van der Waals surface area contributed by atoms with Gasteiger partial charge in [-0.3, -0.25) is 0 Å². The third-order valence-corrected chi connectivity index (χ3v) is 1.61. The van der Waals surface area contributed by atoms with Gasteiger partial charge in [0.15, 0.2) is 5.82 Å². The molecular weight excluding hydrogens is 142 g/mol. The van der Waals surface area contributed by atoms with Crippen molar-refractivity contribution in [1.29, 1.82) is 0 Å². The van der Waals surface area contributed by atoms with Crippen LogP contribution in [0.25, 0.3) is 0 Å². The molecule has 0 aromatic carbocycles. The first-order valence-corrected chi connectivity index (χ1v) is 3.75. The zero-order valence-corrected chi connectivity index (χ0v) is 7.09. The molecule has 1 rings (SSSR count). The molecule has 1 heterocycles. The van der Waals surface area contributed by atoms with Crippen molar-refractivity contribution < 1.29 is 4.52 Å². The van der Waals surface area contributed by atoms with Gasteiger partial charge in [0.1, 0.15) is 0 Å². The van der Waals surface area contributed by atoms with Crippen molar-refractivity contribution in [2.45, 2.75) is 26.3 Å². The summed E-state index contributed by atoms with van der Waals surface area (Å²) in [6, 6.07) is 0.215. The van der Waals surface area contributed by atoms with Crippen LogP contribution in [-0.2, 0) is 0 Å². The Kier molecular flexibility index (Phi) is 2.59. The predicted octanol–water partition coefficient (Wildman–Crippen LogP) is 1.05. The summed E-state index contributed by atoms with van der Waals surface area (Å²) in [5.74, 6) is 1.36. The zero-order chi connectivity index (χ0) is 8.27. The molecule has 0 amide bonds. The zero-order valence-electron chi connectivity index (χ0n) is 7.09. The van der Waals surface area contributed by atoms with E-state index in [4.69, 9.17) is 4.52 Å². The molecule has 0 spiro atoms. The Hall–Kier alpha value is -0.900. The molecule has 1 atom stereocenters. The fraction of sp³-hybridized carbons (Fsp3) is 0.714. The quantitative estimate of drug-likeness (QED) is 0.708. The van der Waals surface area contributed by atoms with E-state index in [0.717, 1.165) is 12.2 Å². The topological polar surface area (TPSA) is 51.0 Å². The summed E-state index contributed by atoms with van der Waals surface area (Å²) in [6.45, 7) is 3.87. The maximum Gasteiger partial charge on any atom is 0.223 e. The van der Waals surface area contributed by atoms with E-state index in [1.54, 1.807) is 6.92 Å². The van der Waals surface area contributed by atoms with Crippen molar-refractivity contribution in [3.8, 4) is 0 Å². The van der Waals surface area contributed by atoms with Crippen LogP contribution in [0, 0.1) is 6.92 Å². The van der Waals surface area contributed by atoms with E-state index in [9.17, 15) is 0 Å². The standard InChI is InChI=1S/C7H13N3O/c1-4-6(8-3)7-9-5(2)11-10-7/h6,8H,4H2,1-3H3. The van der Waals surface area contributed by atoms with Crippen LogP contribution in [0.15, 0.2) is 4.52 Å². The van der Waals surface area contributed by atoms with Crippen LogP contribution >= 0.6 is 0 Å². The van der Waals surface area contributed by atoms with Gasteiger partial charge >= 0.3 is 0 Å². The fourth-order valence-electron chi connectivity index (χ4n) is 0.972. The van der Waals surface area contributed by atoms with Crippen LogP contribution in [0.4, 0.5) is 0 Å². The summed E-state index contributed by atoms with van der Waals surface area (Å²) in [5, 5.41) is 6.91. The molecule has 0 fully saturated rings. The number of hydrogen-bond acceptors (Lipinski definition) is 4. The van der Waals surface area contributed by atoms with Crippen LogP contribution < -0.4 is 5.32 Å². The van der Waals surface area contributed by atoms with Gasteiger partial charge in [-0.25, -0.2) is 0 Å². The molecule has 0 aliphatic rings. The van der Waals surface area contributed by atoms with E-state index in [-0.39, 0.29) is 6.04 Å². The Balaban J connectivity index is 2.73. The van der Waals surface area contributed by atoms with Crippen molar-refractivity contribution in [2.24, 2.45) is 0 Å². The van der Waals surface area contributed by atoms with E-state index >= 15 is 0 Å². The number of nitrogens with one attached hydrogen (secondary N) is 1. The van der Waals surface area contributed by atoms with Gasteiger partial charge in [0, 0.05) is 6.92 Å². The van der Waals surface area contributed by atoms with Crippen molar-refractivity contribution in [3.63, 3.8) is 0 Å². The van der Waals surface area contributed by atoms with Crippen molar-refractivity contribution >= 4 is 0 Å². The number of aryl methyl sites for hydroxylation is 1. The van der Waals surface area contributed by atoms with Gasteiger partial charge in [-0.15, -0.1) is 0 Å². The SMILES string of the molecule is CCC(NC)c1noc(C)n1. The minimum absolute atomic E-state index is 0.215. The first kappa shape index (κ1) is 8.20. The van der Waals surface area contributed by atoms with Crippen LogP contribution in [0.1, 0.15) is 31.1 Å². The molecule has 0 aliphatic heterocycles. The Morgan fingerprint density at radius 2 is 2.36 bits per heavy atom. The summed E-state index contributed by atoms with van der Waals surface area (Å²) in [4.78, 5) is 4.11. The second kappa shape index (κ2) is 3.48. The van der Waals surface area contributed by atoms with Crippen LogP contribution in [0.3, 0.4) is 0 Å². The molecule has 4 heteroatoms. The van der Waals surface area contributed by atoms with E-state index in [0.29, 0.717) is 5.89 Å². The Morgan fingerprint density at radius 3 is 2.73 bits per heavy atom. The molecule has 0 saturated heterocycles. The van der Waals surface area contributed by atoms with E-state index < -0.39 is 0 Å². The molecule has 1 aromatic heterocycles. The molecular formula is C7H13N3O. The van der Waals surface area contributed by atoms with Gasteiger partial charge in [-0.1, -0.05) is 12.1 Å². The third-order valence-electron chi connectivity index (χ3n) is 1.61. The molecule has 0 radical (unpaired) electrons. The lowest BCUT2D eigenvalue weighted by Crippen LogP contribution is -2.16. The highest BCUT2D eigenvalue weighted by Gasteiger charge is 2.11. The number of hydrogen-bond donors (Lipinski definition) is 1. The third kappa shape index (κ3) is 1.77. The average molecular weight is 155 g/mol. The van der Waals surface area contributed by atoms with Gasteiger partial charge < -0.3 is 9.84 Å². The summed E-state index contributed by atoms with van der Waals surface area (Å²) in [6.07, 6.45) is 0.968. The number of aromatic nitrogens is 2. The first-order chi connectivity index (χ1) is 5.27. The molecule has 4 nitrogen and oxygen atoms in total. The second-order valence-electron chi connectivity index (χ2n) is 2.42. The molecule has 1 aromatic rings. The molecule has 1 unspecified atom stereocenters. The molecule has 0 bridgehead atoms. The summed E-state index contributed by atoms with van der Waals surface area (Å²) in [7, 11) is 1.89. The van der Waals surface area contributed by atoms with Crippen LogP contribution in [0.2, 0.25) is 0 Å². The highest BCUT2D eigenvalue weighted by atomic mass is 16.5. The van der Waals surface area contributed by atoms with Gasteiger partial charge in [-0.05, 0) is 13.5 Å². The van der Waals surface area contributed by atoms with Crippen molar-refractivity contribution in [2.75, 3.05) is 7.05 Å². The van der Waals surface area contributed by atoms with E-state index in [1.807, 2.05) is 7.05 Å². The monoisotopic (exact) mass is 155 g/mol. The van der Waals surface area contributed by atoms with Crippen LogP contribution in [0.5, 0.6) is 0 Å². The maximum absolute atomic E-state index is 4.85. The molecule has 1 N–H and O–H groups in total. The summed E-state index contributed by atoms with van der Waals surface area (Å²) in [5.41, 5.74) is 0. The first-order valence-electron chi connectivity index (χ1n) is 3.75. The minimum Gasteiger partial charge on any atom is -0.340 e. The molecule has 0 aliphatic carbocycles. The molecule has 62 valence electrons. The highest BCUT2D eigenvalue weighted by molar-refractivity contribution is 4.91. The lowest BCUT2D eigenvalue weighted by Gasteiger charge is -2.06. The second-order valence-corrected chi connectivity index (χ2v) is 2.42. The minimum atomic E-state index is 0.215. The van der Waals surface area contributed by atoms with Gasteiger partial charge in [-0.2, -0.15) is 4.98 Å². The lowest BCUT2D eigenvalue weighted by molar-refractivity contribution is 0.378. The molecule has 0 saturated carbocycles. The van der Waals surface area contributed by atoms with Crippen LogP contribution in [-0.4, -0.2) is 17.2 Å². The Labute approximate surface area is 66.0 Å². The maximum atomic E-state index is 4.85. The fourth-order valence-corrected chi connectivity index (χ4v) is 0.972. The van der Waals surface area contributed by atoms with Gasteiger partial charge in [0.2, 0.25) is 5.89 Å². The Bertz CT molecular complexity index is 217.